The van der Waals surface area contributed by atoms with Gasteiger partial charge in [-0.2, -0.15) is 0 Å². The van der Waals surface area contributed by atoms with E-state index in [9.17, 15) is 33.8 Å². The predicted octanol–water partition coefficient (Wildman–Crippen LogP) is 2.84. The van der Waals surface area contributed by atoms with E-state index in [-0.39, 0.29) is 38.4 Å². The highest BCUT2D eigenvalue weighted by Gasteiger charge is 2.36. The molecule has 15 nitrogen and oxygen atoms in total. The number of nitrogens with one attached hydrogen (secondary N) is 4. The summed E-state index contributed by atoms with van der Waals surface area (Å²) >= 11 is 0. The van der Waals surface area contributed by atoms with E-state index in [1.54, 1.807) is 17.5 Å². The van der Waals surface area contributed by atoms with Gasteiger partial charge in [0.2, 0.25) is 11.8 Å². The van der Waals surface area contributed by atoms with Gasteiger partial charge in [0.15, 0.2) is 0 Å². The molecule has 62 heavy (non-hydrogen) atoms. The number of alkyl carbamates (subject to hydrolysis) is 1. The summed E-state index contributed by atoms with van der Waals surface area (Å²) in [7, 11) is 3.11. The Morgan fingerprint density at radius 2 is 1.47 bits per heavy atom. The lowest BCUT2D eigenvalue weighted by Gasteiger charge is -2.31. The fourth-order valence-corrected chi connectivity index (χ4v) is 7.80. The second kappa shape index (κ2) is 23.9. The lowest BCUT2D eigenvalue weighted by atomic mass is 9.88. The number of ether oxygens (including phenoxy) is 2. The van der Waals surface area contributed by atoms with Crippen LogP contribution in [-0.2, 0) is 39.9 Å². The summed E-state index contributed by atoms with van der Waals surface area (Å²) in [4.78, 5) is 78.9. The Balaban J connectivity index is 1.36. The Morgan fingerprint density at radius 3 is 2.11 bits per heavy atom. The van der Waals surface area contributed by atoms with Crippen molar-refractivity contribution in [3.8, 4) is 11.1 Å². The molecule has 5 N–H and O–H groups in total. The molecule has 0 unspecified atom stereocenters. The maximum atomic E-state index is 14.6. The van der Waals surface area contributed by atoms with Crippen LogP contribution in [0.3, 0.4) is 0 Å². The van der Waals surface area contributed by atoms with Gasteiger partial charge in [0, 0.05) is 30.3 Å². The van der Waals surface area contributed by atoms with E-state index in [0.717, 1.165) is 33.2 Å². The van der Waals surface area contributed by atoms with E-state index in [1.165, 1.54) is 32.9 Å². The molecule has 0 saturated carbocycles. The van der Waals surface area contributed by atoms with Crippen LogP contribution < -0.4 is 21.1 Å². The number of benzene rings is 3. The highest BCUT2D eigenvalue weighted by atomic mass is 16.5. The van der Waals surface area contributed by atoms with Crippen LogP contribution in [0.5, 0.6) is 0 Å². The Labute approximate surface area is 364 Å². The summed E-state index contributed by atoms with van der Waals surface area (Å²) < 4.78 is 12.9. The van der Waals surface area contributed by atoms with Gasteiger partial charge in [-0.3, -0.25) is 9.59 Å². The van der Waals surface area contributed by atoms with E-state index in [1.807, 2.05) is 72.8 Å². The number of unbranched alkanes of at least 4 members (excludes halogenated alkanes) is 1. The Hall–Kier alpha value is -5.97. The standard InChI is InChI=1S/C44H53B3N6O9/c1-4-24-61-43(58)40(25-30-26-53(47(2)60)39-21-10-9-14-31(30)39)52(3)42(57)38(19-11-12-22-48-45-28-54)50-41(56)37(20-13-23-49-46-29-55)51-44(59)62-27-36-34-17-7-5-15-32(34)33-16-6-8-18-35(33)36/h4-10,14-18,21,26,28-29,36-38,40,48-49,60H,1,11-13,19-20,22-25,27H2,2-3H3,(H,50,56)(H,51,59)/t37-,38-,40-/m0/s1. The molecule has 2 radical (unpaired) electrons. The van der Waals surface area contributed by atoms with Gasteiger partial charge in [0.1, 0.15) is 31.3 Å². The van der Waals surface area contributed by atoms with Gasteiger partial charge >= 0.3 is 19.1 Å². The quantitative estimate of drug-likeness (QED) is 0.0205. The van der Waals surface area contributed by atoms with Gasteiger partial charge in [-0.1, -0.05) is 79.4 Å². The van der Waals surface area contributed by atoms with Crippen molar-refractivity contribution in [3.05, 3.63) is 108 Å². The molecular formula is C44H53B3N6O9. The molecule has 0 saturated heterocycles. The normalized spacial score (nSPS) is 13.1. The van der Waals surface area contributed by atoms with Crippen molar-refractivity contribution in [2.75, 3.05) is 33.4 Å². The fourth-order valence-electron chi connectivity index (χ4n) is 7.80. The highest BCUT2D eigenvalue weighted by molar-refractivity contribution is 6.64. The van der Waals surface area contributed by atoms with Gasteiger partial charge in [-0.25, -0.2) is 9.59 Å². The zero-order chi connectivity index (χ0) is 44.4. The molecule has 3 atom stereocenters. The van der Waals surface area contributed by atoms with Crippen LogP contribution in [0.25, 0.3) is 22.0 Å². The number of amides is 3. The van der Waals surface area contributed by atoms with Crippen molar-refractivity contribution in [2.24, 2.45) is 0 Å². The minimum atomic E-state index is -1.15. The number of hydrogen-bond acceptors (Lipinski definition) is 11. The Bertz CT molecular complexity index is 2140. The van der Waals surface area contributed by atoms with Crippen LogP contribution in [0.4, 0.5) is 4.79 Å². The third-order valence-electron chi connectivity index (χ3n) is 10.9. The maximum Gasteiger partial charge on any atom is 0.413 e. The van der Waals surface area contributed by atoms with Crippen LogP contribution in [0.2, 0.25) is 6.82 Å². The monoisotopic (exact) mass is 842 g/mol. The van der Waals surface area contributed by atoms with Gasteiger partial charge in [0.25, 0.3) is 14.8 Å². The topological polar surface area (TPSA) is 197 Å². The molecule has 0 spiro atoms. The summed E-state index contributed by atoms with van der Waals surface area (Å²) in [5.74, 6) is -2.13. The van der Waals surface area contributed by atoms with Crippen molar-refractivity contribution in [2.45, 2.75) is 69.4 Å². The average molecular weight is 842 g/mol. The molecule has 3 amide bonds. The number of carbonyl (C=O) groups is 6. The van der Waals surface area contributed by atoms with Gasteiger partial charge < -0.3 is 54.6 Å². The van der Waals surface area contributed by atoms with E-state index < -0.39 is 49.1 Å². The number of carbonyl (C=O) groups excluding carboxylic acids is 6. The predicted molar refractivity (Wildman–Crippen MR) is 241 cm³/mol. The molecule has 322 valence electrons. The molecule has 0 aliphatic heterocycles. The van der Waals surface area contributed by atoms with Crippen molar-refractivity contribution >= 4 is 69.0 Å². The zero-order valence-corrected chi connectivity index (χ0v) is 35.2. The summed E-state index contributed by atoms with van der Waals surface area (Å²) in [5, 5.41) is 22.6. The van der Waals surface area contributed by atoms with Gasteiger partial charge in [0.05, 0.1) is 12.4 Å². The van der Waals surface area contributed by atoms with Crippen LogP contribution in [0.1, 0.15) is 54.7 Å². The fraction of sp³-hybridized carbons (Fsp3) is 0.364. The first-order valence-corrected chi connectivity index (χ1v) is 20.8. The minimum Gasteiger partial charge on any atom is -0.460 e. The van der Waals surface area contributed by atoms with Gasteiger partial charge in [-0.05, 0) is 92.1 Å². The smallest absolute Gasteiger partial charge is 0.413 e. The van der Waals surface area contributed by atoms with E-state index in [2.05, 4.69) is 27.7 Å². The largest absolute Gasteiger partial charge is 0.460 e. The van der Waals surface area contributed by atoms with Crippen molar-refractivity contribution < 1.29 is 43.3 Å². The molecule has 1 aliphatic rings. The number of esters is 1. The van der Waals surface area contributed by atoms with Crippen molar-refractivity contribution in [1.29, 1.82) is 0 Å². The summed E-state index contributed by atoms with van der Waals surface area (Å²) in [6.45, 7) is 5.94. The Kier molecular flexibility index (Phi) is 18.1. The first-order valence-electron chi connectivity index (χ1n) is 20.8. The zero-order valence-electron chi connectivity index (χ0n) is 35.2. The number of rotatable bonds is 26. The average Bonchev–Trinajstić information content (AvgIpc) is 3.82. The van der Waals surface area contributed by atoms with Crippen LogP contribution in [0, 0.1) is 0 Å². The molecule has 0 bridgehead atoms. The molecule has 0 fully saturated rings. The van der Waals surface area contributed by atoms with E-state index >= 15 is 0 Å². The lowest BCUT2D eigenvalue weighted by Crippen LogP contribution is -2.56. The molecule has 3 aromatic carbocycles. The first kappa shape index (κ1) is 47.1. The molecule has 1 aromatic heterocycles. The molecule has 1 heterocycles. The van der Waals surface area contributed by atoms with E-state index in [0.29, 0.717) is 50.3 Å². The number of nitrogens with zero attached hydrogens (tertiary/aromatic N) is 2. The highest BCUT2D eigenvalue weighted by Crippen LogP contribution is 2.44. The second-order valence-electron chi connectivity index (χ2n) is 15.0. The third kappa shape index (κ3) is 12.3. The number of likely N-dealkylation sites (N-methyl/N-ethyl adjacent to an activating group) is 1. The summed E-state index contributed by atoms with van der Waals surface area (Å²) in [6.07, 6.45) is 5.22. The minimum absolute atomic E-state index is 0.0186. The van der Waals surface area contributed by atoms with E-state index in [4.69, 9.17) is 9.47 Å². The SMILES string of the molecule is C=CCOC(=O)[C@H](Cc1cn(B(C)O)c2ccccc12)N(C)C(=O)[C@H](CCCCN[B]C=O)NC(=O)[C@H](CCCN[B]C=O)NC(=O)OCC1c2ccccc2-c2ccccc21. The van der Waals surface area contributed by atoms with Crippen molar-refractivity contribution in [1.82, 2.24) is 30.5 Å². The second-order valence-corrected chi connectivity index (χ2v) is 15.0. The summed E-state index contributed by atoms with van der Waals surface area (Å²) in [5.41, 5.74) is 5.61. The maximum absolute atomic E-state index is 14.6. The molecule has 4 aromatic rings. The Morgan fingerprint density at radius 1 is 0.855 bits per heavy atom. The number of para-hydroxylation sites is 1. The van der Waals surface area contributed by atoms with Crippen LogP contribution in [0.15, 0.2) is 91.6 Å². The molecular weight excluding hydrogens is 789 g/mol. The van der Waals surface area contributed by atoms with Gasteiger partial charge in [-0.15, -0.1) is 0 Å². The van der Waals surface area contributed by atoms with Crippen LogP contribution >= 0.6 is 0 Å². The first-order chi connectivity index (χ1) is 30.1. The van der Waals surface area contributed by atoms with Crippen LogP contribution in [-0.4, -0.2) is 124 Å². The lowest BCUT2D eigenvalue weighted by molar-refractivity contribution is -0.154. The summed E-state index contributed by atoms with van der Waals surface area (Å²) in [6, 6.07) is 19.8. The molecule has 1 aliphatic carbocycles. The number of fused-ring (bicyclic) bond motifs is 4. The third-order valence-corrected chi connectivity index (χ3v) is 10.9. The van der Waals surface area contributed by atoms with Crippen molar-refractivity contribution in [3.63, 3.8) is 0 Å². The number of aromatic nitrogens is 1. The molecule has 5 rings (SSSR count). The number of hydrogen-bond donors (Lipinski definition) is 5. The molecule has 18 heteroatoms.